The van der Waals surface area contributed by atoms with Gasteiger partial charge in [-0.1, -0.05) is 27.4 Å². The molecule has 0 fully saturated rings. The Labute approximate surface area is 107 Å². The highest BCUT2D eigenvalue weighted by atomic mass is 16.6. The number of esters is 3. The Bertz CT molecular complexity index is 349. The fraction of sp³-hybridized carbons (Fsp3) is 0.615. The molecule has 0 aliphatic carbocycles. The van der Waals surface area contributed by atoms with Crippen LogP contribution in [0.4, 0.5) is 0 Å². The molecule has 0 spiro atoms. The van der Waals surface area contributed by atoms with Crippen LogP contribution in [0.25, 0.3) is 0 Å². The maximum absolute atomic E-state index is 11.3. The van der Waals surface area contributed by atoms with Gasteiger partial charge in [-0.25, -0.2) is 4.79 Å². The highest BCUT2D eigenvalue weighted by Gasteiger charge is 2.19. The van der Waals surface area contributed by atoms with Crippen LogP contribution in [-0.2, 0) is 23.9 Å². The van der Waals surface area contributed by atoms with Gasteiger partial charge in [0.15, 0.2) is 0 Å². The van der Waals surface area contributed by atoms with Crippen molar-refractivity contribution in [2.24, 2.45) is 5.41 Å². The third kappa shape index (κ3) is 8.50. The summed E-state index contributed by atoms with van der Waals surface area (Å²) in [7, 11) is 0. The minimum Gasteiger partial charge on any atom is -0.462 e. The van der Waals surface area contributed by atoms with Gasteiger partial charge in [-0.05, 0) is 12.3 Å². The maximum atomic E-state index is 11.3. The molecule has 102 valence electrons. The van der Waals surface area contributed by atoms with Crippen molar-refractivity contribution < 1.29 is 23.9 Å². The van der Waals surface area contributed by atoms with Gasteiger partial charge >= 0.3 is 17.9 Å². The Morgan fingerprint density at radius 1 is 1.11 bits per heavy atom. The molecule has 0 aliphatic rings. The summed E-state index contributed by atoms with van der Waals surface area (Å²) in [6.07, 6.45) is 0.0131. The quantitative estimate of drug-likeness (QED) is 0.427. The number of rotatable bonds is 5. The summed E-state index contributed by atoms with van der Waals surface area (Å²) in [5, 5.41) is 0. The maximum Gasteiger partial charge on any atom is 0.333 e. The first-order chi connectivity index (χ1) is 8.11. The predicted octanol–water partition coefficient (Wildman–Crippen LogP) is 2.00. The standard InChI is InChI=1S/C13H20O5/c1-9(2)12(16)17-7-6-10(14)18-11(15)8-13(3,4)5/h1,6-8H2,2-5H3. The van der Waals surface area contributed by atoms with Crippen molar-refractivity contribution in [3.05, 3.63) is 12.2 Å². The molecule has 0 aliphatic heterocycles. The first-order valence-corrected chi connectivity index (χ1v) is 5.68. The smallest absolute Gasteiger partial charge is 0.333 e. The summed E-state index contributed by atoms with van der Waals surface area (Å²) >= 11 is 0. The second-order valence-electron chi connectivity index (χ2n) is 5.25. The molecule has 18 heavy (non-hydrogen) atoms. The van der Waals surface area contributed by atoms with E-state index in [0.717, 1.165) is 0 Å². The fourth-order valence-corrected chi connectivity index (χ4v) is 0.997. The number of carbonyl (C=O) groups excluding carboxylic acids is 3. The largest absolute Gasteiger partial charge is 0.462 e. The van der Waals surface area contributed by atoms with E-state index in [9.17, 15) is 14.4 Å². The molecular weight excluding hydrogens is 236 g/mol. The number of hydrogen-bond donors (Lipinski definition) is 0. The molecule has 0 saturated carbocycles. The Kier molecular flexibility index (Phi) is 6.30. The van der Waals surface area contributed by atoms with Crippen LogP contribution in [0.1, 0.15) is 40.5 Å². The van der Waals surface area contributed by atoms with Crippen LogP contribution in [0.2, 0.25) is 0 Å². The zero-order chi connectivity index (χ0) is 14.3. The van der Waals surface area contributed by atoms with Crippen molar-refractivity contribution in [1.29, 1.82) is 0 Å². The second kappa shape index (κ2) is 6.93. The van der Waals surface area contributed by atoms with Gasteiger partial charge in [-0.2, -0.15) is 0 Å². The first-order valence-electron chi connectivity index (χ1n) is 5.68. The summed E-state index contributed by atoms with van der Waals surface area (Å²) in [6, 6.07) is 0. The molecule has 0 aromatic heterocycles. The molecule has 0 aromatic rings. The Hall–Kier alpha value is -1.65. The van der Waals surface area contributed by atoms with Gasteiger partial charge in [0.05, 0.1) is 12.8 Å². The van der Waals surface area contributed by atoms with E-state index in [1.54, 1.807) is 0 Å². The van der Waals surface area contributed by atoms with Crippen LogP contribution in [0, 0.1) is 5.41 Å². The van der Waals surface area contributed by atoms with E-state index in [2.05, 4.69) is 11.3 Å². The second-order valence-corrected chi connectivity index (χ2v) is 5.25. The van der Waals surface area contributed by atoms with Gasteiger partial charge in [0.1, 0.15) is 6.61 Å². The lowest BCUT2D eigenvalue weighted by Gasteiger charge is -2.15. The van der Waals surface area contributed by atoms with E-state index in [4.69, 9.17) is 4.74 Å². The third-order valence-corrected chi connectivity index (χ3v) is 1.79. The van der Waals surface area contributed by atoms with Crippen LogP contribution in [0.3, 0.4) is 0 Å². The number of carbonyl (C=O) groups is 3. The average Bonchev–Trinajstić information content (AvgIpc) is 2.13. The van der Waals surface area contributed by atoms with Crippen molar-refractivity contribution in [2.75, 3.05) is 6.61 Å². The van der Waals surface area contributed by atoms with Crippen LogP contribution in [0.15, 0.2) is 12.2 Å². The highest BCUT2D eigenvalue weighted by molar-refractivity contribution is 5.88. The zero-order valence-corrected chi connectivity index (χ0v) is 11.4. The lowest BCUT2D eigenvalue weighted by molar-refractivity contribution is -0.161. The Morgan fingerprint density at radius 3 is 2.11 bits per heavy atom. The molecule has 0 atom stereocenters. The molecule has 5 nitrogen and oxygen atoms in total. The molecule has 0 heterocycles. The van der Waals surface area contributed by atoms with Gasteiger partial charge in [-0.3, -0.25) is 9.59 Å². The molecule has 0 unspecified atom stereocenters. The number of ether oxygens (including phenoxy) is 2. The molecule has 0 saturated heterocycles. The summed E-state index contributed by atoms with van der Waals surface area (Å²) < 4.78 is 9.28. The summed E-state index contributed by atoms with van der Waals surface area (Å²) in [4.78, 5) is 33.5. The minimum atomic E-state index is -0.696. The van der Waals surface area contributed by atoms with Gasteiger partial charge in [0, 0.05) is 5.57 Å². The predicted molar refractivity (Wildman–Crippen MR) is 65.6 cm³/mol. The third-order valence-electron chi connectivity index (χ3n) is 1.79. The van der Waals surface area contributed by atoms with Crippen molar-refractivity contribution >= 4 is 17.9 Å². The molecule has 0 radical (unpaired) electrons. The number of hydrogen-bond acceptors (Lipinski definition) is 5. The van der Waals surface area contributed by atoms with Crippen LogP contribution in [-0.4, -0.2) is 24.5 Å². The van der Waals surface area contributed by atoms with Crippen molar-refractivity contribution in [3.63, 3.8) is 0 Å². The average molecular weight is 256 g/mol. The topological polar surface area (TPSA) is 69.7 Å². The Morgan fingerprint density at radius 2 is 1.67 bits per heavy atom. The lowest BCUT2D eigenvalue weighted by atomic mass is 9.92. The molecule has 5 heteroatoms. The van der Waals surface area contributed by atoms with Crippen LogP contribution < -0.4 is 0 Å². The van der Waals surface area contributed by atoms with E-state index in [-0.39, 0.29) is 30.4 Å². The molecular formula is C13H20O5. The monoisotopic (exact) mass is 256 g/mol. The van der Waals surface area contributed by atoms with Gasteiger partial charge < -0.3 is 9.47 Å². The van der Waals surface area contributed by atoms with Crippen LogP contribution >= 0.6 is 0 Å². The van der Waals surface area contributed by atoms with Crippen LogP contribution in [0.5, 0.6) is 0 Å². The highest BCUT2D eigenvalue weighted by Crippen LogP contribution is 2.18. The normalized spacial score (nSPS) is 10.7. The van der Waals surface area contributed by atoms with Crippen molar-refractivity contribution in [2.45, 2.75) is 40.5 Å². The molecule has 0 N–H and O–H groups in total. The van der Waals surface area contributed by atoms with E-state index in [1.165, 1.54) is 6.92 Å². The summed E-state index contributed by atoms with van der Waals surface area (Å²) in [5.41, 5.74) is 0.0243. The van der Waals surface area contributed by atoms with E-state index < -0.39 is 17.9 Å². The summed E-state index contributed by atoms with van der Waals surface area (Å²) in [5.74, 6) is -1.83. The Balaban J connectivity index is 3.89. The van der Waals surface area contributed by atoms with Gasteiger partial charge in [0.25, 0.3) is 0 Å². The lowest BCUT2D eigenvalue weighted by Crippen LogP contribution is -2.20. The molecule has 0 amide bonds. The van der Waals surface area contributed by atoms with Gasteiger partial charge in [0.2, 0.25) is 0 Å². The van der Waals surface area contributed by atoms with Crippen molar-refractivity contribution in [3.8, 4) is 0 Å². The van der Waals surface area contributed by atoms with E-state index >= 15 is 0 Å². The summed E-state index contributed by atoms with van der Waals surface area (Å²) in [6.45, 7) is 10.4. The zero-order valence-electron chi connectivity index (χ0n) is 11.4. The van der Waals surface area contributed by atoms with E-state index in [1.807, 2.05) is 20.8 Å². The molecule has 0 rings (SSSR count). The fourth-order valence-electron chi connectivity index (χ4n) is 0.997. The molecule has 0 bridgehead atoms. The minimum absolute atomic E-state index is 0.118. The van der Waals surface area contributed by atoms with Crippen molar-refractivity contribution in [1.82, 2.24) is 0 Å². The first kappa shape index (κ1) is 16.4. The van der Waals surface area contributed by atoms with E-state index in [0.29, 0.717) is 0 Å². The van der Waals surface area contributed by atoms with Gasteiger partial charge in [-0.15, -0.1) is 0 Å². The molecule has 0 aromatic carbocycles. The SMILES string of the molecule is C=C(C)C(=O)OCCC(=O)OC(=O)CC(C)(C)C.